The molecule has 4 aliphatic rings. The van der Waals surface area contributed by atoms with Crippen molar-refractivity contribution in [1.29, 1.82) is 0 Å². The molecule has 4 aliphatic carbocycles. The van der Waals surface area contributed by atoms with E-state index < -0.39 is 6.67 Å². The maximum Gasteiger partial charge on any atom is 0.169 e. The monoisotopic (exact) mass is 390 g/mol. The highest BCUT2D eigenvalue weighted by atomic mass is 32.2. The lowest BCUT2D eigenvalue weighted by atomic mass is 9.44. The van der Waals surface area contributed by atoms with Crippen LogP contribution in [0.5, 0.6) is 0 Å². The van der Waals surface area contributed by atoms with E-state index in [9.17, 15) is 14.0 Å². The van der Waals surface area contributed by atoms with Crippen molar-refractivity contribution in [1.82, 2.24) is 0 Å². The zero-order valence-corrected chi connectivity index (χ0v) is 17.6. The molecule has 0 N–H and O–H groups in total. The van der Waals surface area contributed by atoms with Crippen molar-refractivity contribution in [3.8, 4) is 0 Å². The summed E-state index contributed by atoms with van der Waals surface area (Å²) in [7, 11) is 0. The molecule has 148 valence electrons. The third-order valence-corrected chi connectivity index (χ3v) is 9.63. The van der Waals surface area contributed by atoms with E-state index in [0.29, 0.717) is 35.7 Å². The maximum atomic E-state index is 12.9. The van der Waals surface area contributed by atoms with Gasteiger partial charge in [0, 0.05) is 24.0 Å². The number of allylic oxidation sites excluding steroid dienone is 2. The number of fused-ring (bicyclic) bond motifs is 5. The number of carbonyl (C=O) groups is 2. The summed E-state index contributed by atoms with van der Waals surface area (Å²) in [5.41, 5.74) is 1.99. The topological polar surface area (TPSA) is 34.1 Å². The number of halogens is 1. The van der Waals surface area contributed by atoms with Crippen LogP contribution in [0.15, 0.2) is 22.6 Å². The lowest BCUT2D eigenvalue weighted by Gasteiger charge is -2.60. The number of carbonyl (C=O) groups excluding carboxylic acids is 2. The lowest BCUT2D eigenvalue weighted by molar-refractivity contribution is -0.133. The number of Topliss-reactive ketones (excluding diaryl/α,β-unsaturated/α-hetero) is 2. The summed E-state index contributed by atoms with van der Waals surface area (Å²) in [6.07, 6.45) is 5.17. The van der Waals surface area contributed by atoms with Crippen LogP contribution in [0, 0.1) is 34.5 Å². The van der Waals surface area contributed by atoms with Crippen LogP contribution < -0.4 is 0 Å². The van der Waals surface area contributed by atoms with E-state index >= 15 is 0 Å². The SMILES string of the molecule is C=C1C2=C(SCCF)C(=O)CC[C@]2(C)[C@H]2CC[C@]3(C)C(=O)CC[C@H]3[C@@H]2[C@@H]1C. The Morgan fingerprint density at radius 1 is 1.11 bits per heavy atom. The molecule has 0 amide bonds. The normalized spacial score (nSPS) is 44.2. The molecule has 0 aliphatic heterocycles. The Bertz CT molecular complexity index is 741. The number of rotatable bonds is 3. The van der Waals surface area contributed by atoms with Crippen LogP contribution in [0.2, 0.25) is 0 Å². The molecule has 0 heterocycles. The third kappa shape index (κ3) is 2.58. The molecule has 0 saturated heterocycles. The van der Waals surface area contributed by atoms with Crippen LogP contribution in [-0.4, -0.2) is 24.0 Å². The predicted octanol–water partition coefficient (Wildman–Crippen LogP) is 5.53. The smallest absolute Gasteiger partial charge is 0.169 e. The van der Waals surface area contributed by atoms with Crippen molar-refractivity contribution < 1.29 is 14.0 Å². The molecule has 27 heavy (non-hydrogen) atoms. The molecule has 0 aromatic heterocycles. The minimum atomic E-state index is -0.415. The molecular weight excluding hydrogens is 359 g/mol. The van der Waals surface area contributed by atoms with E-state index in [4.69, 9.17) is 0 Å². The fourth-order valence-electron chi connectivity index (χ4n) is 7.06. The summed E-state index contributed by atoms with van der Waals surface area (Å²) in [5, 5.41) is 0. The quantitative estimate of drug-likeness (QED) is 0.635. The number of hydrogen-bond donors (Lipinski definition) is 0. The lowest BCUT2D eigenvalue weighted by Crippen LogP contribution is -2.54. The van der Waals surface area contributed by atoms with Crippen LogP contribution in [0.25, 0.3) is 0 Å². The summed E-state index contributed by atoms with van der Waals surface area (Å²) in [5.74, 6) is 2.64. The number of hydrogen-bond acceptors (Lipinski definition) is 3. The Hall–Kier alpha value is -0.900. The van der Waals surface area contributed by atoms with Crippen molar-refractivity contribution in [2.45, 2.75) is 59.3 Å². The second kappa shape index (κ2) is 6.57. The average Bonchev–Trinajstić information content (AvgIpc) is 2.94. The second-order valence-electron chi connectivity index (χ2n) is 9.60. The van der Waals surface area contributed by atoms with Gasteiger partial charge in [0.1, 0.15) is 5.78 Å². The molecule has 0 spiro atoms. The molecule has 3 fully saturated rings. The molecule has 0 bridgehead atoms. The highest BCUT2D eigenvalue weighted by Crippen LogP contribution is 2.67. The van der Waals surface area contributed by atoms with Crippen molar-refractivity contribution in [2.24, 2.45) is 34.5 Å². The van der Waals surface area contributed by atoms with Gasteiger partial charge in [-0.3, -0.25) is 14.0 Å². The minimum absolute atomic E-state index is 0.0617. The van der Waals surface area contributed by atoms with E-state index in [0.717, 1.165) is 48.2 Å². The first-order valence-electron chi connectivity index (χ1n) is 10.4. The van der Waals surface area contributed by atoms with Crippen molar-refractivity contribution >= 4 is 23.3 Å². The second-order valence-corrected chi connectivity index (χ2v) is 10.7. The maximum absolute atomic E-state index is 12.9. The molecule has 0 aromatic carbocycles. The first-order chi connectivity index (χ1) is 12.8. The van der Waals surface area contributed by atoms with Gasteiger partial charge in [-0.15, -0.1) is 11.8 Å². The largest absolute Gasteiger partial charge is 0.299 e. The molecule has 4 rings (SSSR count). The number of thioether (sulfide) groups is 1. The fraction of sp³-hybridized carbons (Fsp3) is 0.739. The van der Waals surface area contributed by atoms with Crippen LogP contribution in [0.4, 0.5) is 4.39 Å². The highest BCUT2D eigenvalue weighted by molar-refractivity contribution is 8.04. The van der Waals surface area contributed by atoms with Gasteiger partial charge in [0.2, 0.25) is 0 Å². The summed E-state index contributed by atoms with van der Waals surface area (Å²) in [6.45, 7) is 10.8. The zero-order chi connectivity index (χ0) is 19.6. The standard InChI is InChI=1S/C23H31FO2S/c1-13-14(2)20-21(27-12-11-24)17(25)8-10-23(20,4)16-7-9-22(3)15(19(13)16)5-6-18(22)26/h13,15-16,19H,2,5-12H2,1,3-4H3/t13-,15+,16+,19+,22+,23-/m1/s1. The molecule has 2 nitrogen and oxygen atoms in total. The molecule has 0 aromatic rings. The van der Waals surface area contributed by atoms with Gasteiger partial charge in [-0.2, -0.15) is 0 Å². The predicted molar refractivity (Wildman–Crippen MR) is 108 cm³/mol. The third-order valence-electron chi connectivity index (χ3n) is 8.55. The molecular formula is C23H31FO2S. The van der Waals surface area contributed by atoms with Crippen LogP contribution in [0.3, 0.4) is 0 Å². The molecule has 3 saturated carbocycles. The Balaban J connectivity index is 1.81. The molecule has 0 radical (unpaired) electrons. The number of alkyl halides is 1. The van der Waals surface area contributed by atoms with Crippen LogP contribution >= 0.6 is 11.8 Å². The van der Waals surface area contributed by atoms with E-state index in [1.165, 1.54) is 11.8 Å². The van der Waals surface area contributed by atoms with Gasteiger partial charge in [-0.25, -0.2) is 0 Å². The molecule has 4 heteroatoms. The van der Waals surface area contributed by atoms with Gasteiger partial charge in [-0.05, 0) is 65.9 Å². The van der Waals surface area contributed by atoms with Crippen LogP contribution in [0.1, 0.15) is 59.3 Å². The van der Waals surface area contributed by atoms with Gasteiger partial charge in [0.15, 0.2) is 5.78 Å². The van der Waals surface area contributed by atoms with Gasteiger partial charge in [0.05, 0.1) is 11.6 Å². The van der Waals surface area contributed by atoms with Crippen molar-refractivity contribution in [3.05, 3.63) is 22.6 Å². The summed E-state index contributed by atoms with van der Waals surface area (Å²) in [6, 6.07) is 0. The van der Waals surface area contributed by atoms with E-state index in [-0.39, 0.29) is 22.5 Å². The number of ketones is 2. The fourth-order valence-corrected chi connectivity index (χ4v) is 8.11. The highest BCUT2D eigenvalue weighted by Gasteiger charge is 2.62. The van der Waals surface area contributed by atoms with Crippen molar-refractivity contribution in [2.75, 3.05) is 12.4 Å². The molecule has 0 unspecified atom stereocenters. The van der Waals surface area contributed by atoms with E-state index in [1.54, 1.807) is 0 Å². The van der Waals surface area contributed by atoms with Gasteiger partial charge >= 0.3 is 0 Å². The first kappa shape index (κ1) is 19.4. The average molecular weight is 391 g/mol. The summed E-state index contributed by atoms with van der Waals surface area (Å²) < 4.78 is 12.9. The van der Waals surface area contributed by atoms with E-state index in [1.807, 2.05) is 0 Å². The summed E-state index contributed by atoms with van der Waals surface area (Å²) >= 11 is 1.39. The first-order valence-corrected chi connectivity index (χ1v) is 11.4. The Morgan fingerprint density at radius 2 is 1.81 bits per heavy atom. The van der Waals surface area contributed by atoms with Crippen molar-refractivity contribution in [3.63, 3.8) is 0 Å². The Labute approximate surface area is 166 Å². The van der Waals surface area contributed by atoms with Gasteiger partial charge in [0.25, 0.3) is 0 Å². The van der Waals surface area contributed by atoms with Crippen LogP contribution in [-0.2, 0) is 9.59 Å². The van der Waals surface area contributed by atoms with E-state index in [2.05, 4.69) is 27.4 Å². The Morgan fingerprint density at radius 3 is 2.52 bits per heavy atom. The van der Waals surface area contributed by atoms with Gasteiger partial charge in [-0.1, -0.05) is 27.4 Å². The Kier molecular flexibility index (Phi) is 4.73. The molecule has 6 atom stereocenters. The van der Waals surface area contributed by atoms with Gasteiger partial charge < -0.3 is 0 Å². The summed E-state index contributed by atoms with van der Waals surface area (Å²) in [4.78, 5) is 26.1. The zero-order valence-electron chi connectivity index (χ0n) is 16.8. The minimum Gasteiger partial charge on any atom is -0.299 e.